The van der Waals surface area contributed by atoms with Gasteiger partial charge in [0.25, 0.3) is 0 Å². The molecule has 0 aromatic heterocycles. The van der Waals surface area contributed by atoms with E-state index in [1.807, 2.05) is 41.5 Å². The minimum absolute atomic E-state index is 0.180. The van der Waals surface area contributed by atoms with Crippen LogP contribution in [-0.2, 0) is 9.53 Å². The second-order valence-corrected chi connectivity index (χ2v) is 5.31. The van der Waals surface area contributed by atoms with Crippen LogP contribution in [0.4, 0.5) is 0 Å². The summed E-state index contributed by atoms with van der Waals surface area (Å²) in [5.74, 6) is 0.292. The Morgan fingerprint density at radius 3 is 1.62 bits per heavy atom. The summed E-state index contributed by atoms with van der Waals surface area (Å²) in [6.07, 6.45) is 0. The lowest BCUT2D eigenvalue weighted by Gasteiger charge is -2.24. The SMILES string of the molecule is C=C(OC(=O)C(C)(C)C)C(C)(C)C. The second-order valence-electron chi connectivity index (χ2n) is 5.31. The Kier molecular flexibility index (Phi) is 3.31. The van der Waals surface area contributed by atoms with E-state index in [-0.39, 0.29) is 11.4 Å². The first-order chi connectivity index (χ1) is 5.55. The lowest BCUT2D eigenvalue weighted by Crippen LogP contribution is -2.25. The molecule has 0 N–H and O–H groups in total. The predicted molar refractivity (Wildman–Crippen MR) is 54.1 cm³/mol. The summed E-state index contributed by atoms with van der Waals surface area (Å²) in [7, 11) is 0. The fourth-order valence-electron chi connectivity index (χ4n) is 0.418. The summed E-state index contributed by atoms with van der Waals surface area (Å²) in [6.45, 7) is 15.1. The van der Waals surface area contributed by atoms with E-state index < -0.39 is 5.41 Å². The molecule has 0 spiro atoms. The van der Waals surface area contributed by atoms with Gasteiger partial charge in [0.2, 0.25) is 0 Å². The number of hydrogen-bond donors (Lipinski definition) is 0. The van der Waals surface area contributed by atoms with E-state index in [9.17, 15) is 4.79 Å². The molecule has 0 bridgehead atoms. The molecule has 0 aliphatic rings. The van der Waals surface area contributed by atoms with Crippen LogP contribution in [0, 0.1) is 10.8 Å². The van der Waals surface area contributed by atoms with Gasteiger partial charge in [0.05, 0.1) is 5.41 Å². The molecule has 76 valence electrons. The van der Waals surface area contributed by atoms with Crippen LogP contribution in [0.25, 0.3) is 0 Å². The van der Waals surface area contributed by atoms with E-state index in [4.69, 9.17) is 4.74 Å². The largest absolute Gasteiger partial charge is 0.431 e. The maximum absolute atomic E-state index is 11.4. The normalized spacial score (nSPS) is 12.5. The standard InChI is InChI=1S/C11H20O2/c1-8(10(2,3)4)13-9(12)11(5,6)7/h1H2,2-7H3. The molecular weight excluding hydrogens is 164 g/mol. The molecule has 0 rings (SSSR count). The van der Waals surface area contributed by atoms with E-state index in [0.29, 0.717) is 5.76 Å². The number of rotatable bonds is 1. The third-order valence-electron chi connectivity index (χ3n) is 1.66. The number of carbonyl (C=O) groups is 1. The zero-order valence-electron chi connectivity index (χ0n) is 9.52. The third-order valence-corrected chi connectivity index (χ3v) is 1.66. The number of esters is 1. The van der Waals surface area contributed by atoms with Crippen molar-refractivity contribution < 1.29 is 9.53 Å². The molecule has 2 heteroatoms. The van der Waals surface area contributed by atoms with Gasteiger partial charge in [-0.2, -0.15) is 0 Å². The van der Waals surface area contributed by atoms with Gasteiger partial charge in [0.1, 0.15) is 5.76 Å². The van der Waals surface area contributed by atoms with Crippen LogP contribution in [0.3, 0.4) is 0 Å². The maximum Gasteiger partial charge on any atom is 0.316 e. The van der Waals surface area contributed by atoms with E-state index in [0.717, 1.165) is 0 Å². The summed E-state index contributed by atoms with van der Waals surface area (Å²) >= 11 is 0. The van der Waals surface area contributed by atoms with E-state index in [1.54, 1.807) is 0 Å². The van der Waals surface area contributed by atoms with Gasteiger partial charge in [-0.05, 0) is 20.8 Å². The highest BCUT2D eigenvalue weighted by Crippen LogP contribution is 2.27. The molecule has 0 aromatic carbocycles. The van der Waals surface area contributed by atoms with Crippen molar-refractivity contribution in [3.8, 4) is 0 Å². The van der Waals surface area contributed by atoms with Crippen LogP contribution < -0.4 is 0 Å². The van der Waals surface area contributed by atoms with Crippen molar-refractivity contribution in [2.45, 2.75) is 41.5 Å². The Labute approximate surface area is 81.0 Å². The first-order valence-corrected chi connectivity index (χ1v) is 4.47. The van der Waals surface area contributed by atoms with Gasteiger partial charge in [0, 0.05) is 5.41 Å². The van der Waals surface area contributed by atoms with Gasteiger partial charge in [-0.15, -0.1) is 0 Å². The Morgan fingerprint density at radius 2 is 1.38 bits per heavy atom. The van der Waals surface area contributed by atoms with Gasteiger partial charge in [-0.25, -0.2) is 0 Å². The Balaban J connectivity index is 4.34. The molecule has 0 atom stereocenters. The number of ether oxygens (including phenoxy) is 1. The summed E-state index contributed by atoms with van der Waals surface area (Å²) < 4.78 is 5.15. The predicted octanol–water partition coefficient (Wildman–Crippen LogP) is 3.14. The number of hydrogen-bond acceptors (Lipinski definition) is 2. The van der Waals surface area contributed by atoms with Crippen molar-refractivity contribution in [1.82, 2.24) is 0 Å². The molecule has 0 saturated heterocycles. The van der Waals surface area contributed by atoms with Crippen LogP contribution in [-0.4, -0.2) is 5.97 Å². The molecular formula is C11H20O2. The van der Waals surface area contributed by atoms with Crippen LogP contribution >= 0.6 is 0 Å². The van der Waals surface area contributed by atoms with Gasteiger partial charge < -0.3 is 4.74 Å². The molecule has 0 radical (unpaired) electrons. The fourth-order valence-corrected chi connectivity index (χ4v) is 0.418. The minimum atomic E-state index is -0.464. The molecule has 0 aliphatic heterocycles. The Bertz CT molecular complexity index is 189. The highest BCUT2D eigenvalue weighted by Gasteiger charge is 2.27. The first kappa shape index (κ1) is 12.2. The molecule has 0 aliphatic carbocycles. The third kappa shape index (κ3) is 4.11. The smallest absolute Gasteiger partial charge is 0.316 e. The van der Waals surface area contributed by atoms with Crippen LogP contribution in [0.5, 0.6) is 0 Å². The fraction of sp³-hybridized carbons (Fsp3) is 0.727. The van der Waals surface area contributed by atoms with Crippen molar-refractivity contribution >= 4 is 5.97 Å². The van der Waals surface area contributed by atoms with Crippen LogP contribution in [0.15, 0.2) is 12.3 Å². The van der Waals surface area contributed by atoms with Crippen molar-refractivity contribution in [2.24, 2.45) is 10.8 Å². The zero-order valence-corrected chi connectivity index (χ0v) is 9.52. The molecule has 0 saturated carbocycles. The number of carbonyl (C=O) groups excluding carboxylic acids is 1. The Morgan fingerprint density at radius 1 is 1.00 bits per heavy atom. The van der Waals surface area contributed by atoms with Crippen molar-refractivity contribution in [1.29, 1.82) is 0 Å². The monoisotopic (exact) mass is 184 g/mol. The van der Waals surface area contributed by atoms with Crippen LogP contribution in [0.2, 0.25) is 0 Å². The second kappa shape index (κ2) is 3.52. The van der Waals surface area contributed by atoms with Crippen molar-refractivity contribution in [2.75, 3.05) is 0 Å². The van der Waals surface area contributed by atoms with Gasteiger partial charge in [0.15, 0.2) is 0 Å². The maximum atomic E-state index is 11.4. The topological polar surface area (TPSA) is 26.3 Å². The van der Waals surface area contributed by atoms with Crippen molar-refractivity contribution in [3.63, 3.8) is 0 Å². The molecule has 13 heavy (non-hydrogen) atoms. The van der Waals surface area contributed by atoms with Gasteiger partial charge in [-0.1, -0.05) is 27.4 Å². The van der Waals surface area contributed by atoms with E-state index in [2.05, 4.69) is 6.58 Å². The zero-order chi connectivity index (χ0) is 10.9. The number of allylic oxidation sites excluding steroid dienone is 1. The van der Waals surface area contributed by atoms with E-state index >= 15 is 0 Å². The summed E-state index contributed by atoms with van der Waals surface area (Å²) in [6, 6.07) is 0. The molecule has 2 nitrogen and oxygen atoms in total. The summed E-state index contributed by atoms with van der Waals surface area (Å²) in [5, 5.41) is 0. The molecule has 0 fully saturated rings. The van der Waals surface area contributed by atoms with Gasteiger partial charge in [-0.3, -0.25) is 4.79 Å². The summed E-state index contributed by atoms with van der Waals surface area (Å²) in [5.41, 5.74) is -0.644. The lowest BCUT2D eigenvalue weighted by atomic mass is 9.93. The molecule has 0 amide bonds. The summed E-state index contributed by atoms with van der Waals surface area (Å²) in [4.78, 5) is 11.4. The molecule has 0 aromatic rings. The highest BCUT2D eigenvalue weighted by molar-refractivity contribution is 5.76. The molecule has 0 unspecified atom stereocenters. The van der Waals surface area contributed by atoms with E-state index in [1.165, 1.54) is 0 Å². The molecule has 0 heterocycles. The van der Waals surface area contributed by atoms with Crippen LogP contribution in [0.1, 0.15) is 41.5 Å². The van der Waals surface area contributed by atoms with Gasteiger partial charge >= 0.3 is 5.97 Å². The van der Waals surface area contributed by atoms with Crippen molar-refractivity contribution in [3.05, 3.63) is 12.3 Å². The average molecular weight is 184 g/mol. The minimum Gasteiger partial charge on any atom is -0.431 e. The lowest BCUT2D eigenvalue weighted by molar-refractivity contribution is -0.150. The first-order valence-electron chi connectivity index (χ1n) is 4.47. The highest BCUT2D eigenvalue weighted by atomic mass is 16.5. The Hall–Kier alpha value is -0.790. The quantitative estimate of drug-likeness (QED) is 0.462. The average Bonchev–Trinajstić information content (AvgIpc) is 1.82.